The molecular weight excluding hydrogens is 417 g/mol. The Morgan fingerprint density at radius 2 is 1.94 bits per heavy atom. The minimum absolute atomic E-state index is 0.0351. The Morgan fingerprint density at radius 1 is 1.12 bits per heavy atom. The standard InChI is InChI=1S/C23H31F3N6/c1-2-4-18-12-21(32-8-3-5-19(14-32)28-13-15-6-7-15)31-22(29-18)30-20-10-16(23(24,25)26)9-17(27)11-20/h9-12,15,19,28H,2-8,13-14,27H2,1H3,(H,29,30,31). The van der Waals surface area contributed by atoms with E-state index in [1.54, 1.807) is 0 Å². The summed E-state index contributed by atoms with van der Waals surface area (Å²) in [6, 6.07) is 5.84. The maximum atomic E-state index is 13.2. The van der Waals surface area contributed by atoms with E-state index >= 15 is 0 Å². The van der Waals surface area contributed by atoms with E-state index in [1.807, 2.05) is 6.07 Å². The number of alkyl halides is 3. The van der Waals surface area contributed by atoms with Crippen molar-refractivity contribution >= 4 is 23.1 Å². The second-order valence-electron chi connectivity index (χ2n) is 8.89. The van der Waals surface area contributed by atoms with Gasteiger partial charge in [-0.25, -0.2) is 4.98 Å². The van der Waals surface area contributed by atoms with Crippen LogP contribution in [0.25, 0.3) is 0 Å². The molecule has 0 bridgehead atoms. The van der Waals surface area contributed by atoms with Crippen LogP contribution in [0.5, 0.6) is 0 Å². The molecule has 2 fully saturated rings. The number of nitrogens with two attached hydrogens (primary N) is 1. The quantitative estimate of drug-likeness (QED) is 0.506. The lowest BCUT2D eigenvalue weighted by atomic mass is 10.1. The lowest BCUT2D eigenvalue weighted by molar-refractivity contribution is -0.137. The van der Waals surface area contributed by atoms with E-state index in [0.717, 1.165) is 74.9 Å². The highest BCUT2D eigenvalue weighted by molar-refractivity contribution is 5.63. The van der Waals surface area contributed by atoms with Crippen molar-refractivity contribution in [3.05, 3.63) is 35.5 Å². The minimum atomic E-state index is -4.47. The van der Waals surface area contributed by atoms with Gasteiger partial charge in [-0.3, -0.25) is 0 Å². The SMILES string of the molecule is CCCc1cc(N2CCCC(NCC3CC3)C2)nc(Nc2cc(N)cc(C(F)(F)F)c2)n1. The number of nitrogens with zero attached hydrogens (tertiary/aromatic N) is 3. The molecule has 6 nitrogen and oxygen atoms in total. The molecule has 1 aromatic heterocycles. The Labute approximate surface area is 186 Å². The van der Waals surface area contributed by atoms with Crippen LogP contribution in [-0.4, -0.2) is 35.6 Å². The fraction of sp³-hybridized carbons (Fsp3) is 0.565. The van der Waals surface area contributed by atoms with Crippen LogP contribution in [0.1, 0.15) is 50.3 Å². The van der Waals surface area contributed by atoms with Crippen LogP contribution >= 0.6 is 0 Å². The third kappa shape index (κ3) is 6.03. The molecule has 2 heterocycles. The Balaban J connectivity index is 1.54. The lowest BCUT2D eigenvalue weighted by Gasteiger charge is -2.34. The maximum absolute atomic E-state index is 13.2. The van der Waals surface area contributed by atoms with Gasteiger partial charge in [-0.1, -0.05) is 13.3 Å². The topological polar surface area (TPSA) is 79.1 Å². The average Bonchev–Trinajstić information content (AvgIpc) is 3.56. The first-order valence-electron chi connectivity index (χ1n) is 11.4. The van der Waals surface area contributed by atoms with Gasteiger partial charge in [0.2, 0.25) is 5.95 Å². The van der Waals surface area contributed by atoms with Gasteiger partial charge in [0.25, 0.3) is 0 Å². The molecule has 2 aliphatic rings. The molecule has 0 amide bonds. The van der Waals surface area contributed by atoms with Crippen molar-refractivity contribution in [2.45, 2.75) is 57.7 Å². The van der Waals surface area contributed by atoms with Crippen LogP contribution in [0.4, 0.5) is 36.3 Å². The van der Waals surface area contributed by atoms with E-state index < -0.39 is 11.7 Å². The Morgan fingerprint density at radius 3 is 2.66 bits per heavy atom. The summed E-state index contributed by atoms with van der Waals surface area (Å²) in [4.78, 5) is 11.4. The molecule has 1 atom stereocenters. The van der Waals surface area contributed by atoms with Gasteiger partial charge in [-0.05, 0) is 62.8 Å². The predicted molar refractivity (Wildman–Crippen MR) is 121 cm³/mol. The molecule has 2 aromatic rings. The van der Waals surface area contributed by atoms with Crippen molar-refractivity contribution in [3.63, 3.8) is 0 Å². The summed E-state index contributed by atoms with van der Waals surface area (Å²) in [5.74, 6) is 1.93. The van der Waals surface area contributed by atoms with Crippen LogP contribution in [0.15, 0.2) is 24.3 Å². The fourth-order valence-electron chi connectivity index (χ4n) is 4.11. The van der Waals surface area contributed by atoms with Crippen molar-refractivity contribution in [2.75, 3.05) is 35.6 Å². The summed E-state index contributed by atoms with van der Waals surface area (Å²) in [5.41, 5.74) is 6.03. The number of nitrogens with one attached hydrogen (secondary N) is 2. The number of aromatic nitrogens is 2. The largest absolute Gasteiger partial charge is 0.416 e. The Bertz CT molecular complexity index is 928. The zero-order valence-corrected chi connectivity index (χ0v) is 18.4. The number of nitrogen functional groups attached to an aromatic ring is 1. The van der Waals surface area contributed by atoms with Gasteiger partial charge in [0.1, 0.15) is 5.82 Å². The average molecular weight is 449 g/mol. The molecule has 1 aliphatic carbocycles. The zero-order chi connectivity index (χ0) is 22.7. The van der Waals surface area contributed by atoms with E-state index in [0.29, 0.717) is 6.04 Å². The van der Waals surface area contributed by atoms with E-state index in [1.165, 1.54) is 18.9 Å². The van der Waals surface area contributed by atoms with Gasteiger partial charge in [0.05, 0.1) is 5.56 Å². The second kappa shape index (κ2) is 9.52. The number of hydrogen-bond acceptors (Lipinski definition) is 6. The number of halogens is 3. The molecule has 1 unspecified atom stereocenters. The molecule has 0 spiro atoms. The third-order valence-electron chi connectivity index (χ3n) is 5.95. The lowest BCUT2D eigenvalue weighted by Crippen LogP contribution is -2.46. The molecular formula is C23H31F3N6. The first-order chi connectivity index (χ1) is 15.3. The number of aryl methyl sites for hydroxylation is 1. The van der Waals surface area contributed by atoms with E-state index in [-0.39, 0.29) is 17.3 Å². The Kier molecular flexibility index (Phi) is 6.74. The highest BCUT2D eigenvalue weighted by Gasteiger charge is 2.31. The van der Waals surface area contributed by atoms with Gasteiger partial charge >= 0.3 is 6.18 Å². The van der Waals surface area contributed by atoms with Crippen molar-refractivity contribution in [3.8, 4) is 0 Å². The first-order valence-corrected chi connectivity index (χ1v) is 11.4. The molecule has 9 heteroatoms. The van der Waals surface area contributed by atoms with Crippen LogP contribution in [0.2, 0.25) is 0 Å². The van der Waals surface area contributed by atoms with Crippen LogP contribution in [0.3, 0.4) is 0 Å². The van der Waals surface area contributed by atoms with E-state index in [2.05, 4.69) is 32.4 Å². The highest BCUT2D eigenvalue weighted by Crippen LogP contribution is 2.33. The zero-order valence-electron chi connectivity index (χ0n) is 18.4. The van der Waals surface area contributed by atoms with Crippen molar-refractivity contribution in [1.29, 1.82) is 0 Å². The predicted octanol–water partition coefficient (Wildman–Crippen LogP) is 4.74. The minimum Gasteiger partial charge on any atom is -0.399 e. The Hall–Kier alpha value is -2.55. The van der Waals surface area contributed by atoms with E-state index in [9.17, 15) is 13.2 Å². The first kappa shape index (κ1) is 22.6. The van der Waals surface area contributed by atoms with Gasteiger partial charge in [0, 0.05) is 42.3 Å². The normalized spacial score (nSPS) is 19.2. The summed E-state index contributed by atoms with van der Waals surface area (Å²) < 4.78 is 39.6. The monoisotopic (exact) mass is 448 g/mol. The highest BCUT2D eigenvalue weighted by atomic mass is 19.4. The van der Waals surface area contributed by atoms with Gasteiger partial charge in [0.15, 0.2) is 0 Å². The molecule has 1 saturated carbocycles. The summed E-state index contributed by atoms with van der Waals surface area (Å²) in [6.45, 7) is 4.92. The molecule has 1 aromatic carbocycles. The van der Waals surface area contributed by atoms with E-state index in [4.69, 9.17) is 5.73 Å². The molecule has 32 heavy (non-hydrogen) atoms. The van der Waals surface area contributed by atoms with Gasteiger partial charge in [-0.2, -0.15) is 18.2 Å². The van der Waals surface area contributed by atoms with Crippen molar-refractivity contribution in [2.24, 2.45) is 5.92 Å². The molecule has 0 radical (unpaired) electrons. The third-order valence-corrected chi connectivity index (χ3v) is 5.95. The fourth-order valence-corrected chi connectivity index (χ4v) is 4.11. The van der Waals surface area contributed by atoms with Crippen LogP contribution in [0, 0.1) is 5.92 Å². The molecule has 1 aliphatic heterocycles. The van der Waals surface area contributed by atoms with Gasteiger partial charge < -0.3 is 21.3 Å². The molecule has 4 N–H and O–H groups in total. The van der Waals surface area contributed by atoms with Crippen molar-refractivity contribution < 1.29 is 13.2 Å². The molecule has 174 valence electrons. The number of benzene rings is 1. The summed E-state index contributed by atoms with van der Waals surface area (Å²) in [5, 5.41) is 6.63. The summed E-state index contributed by atoms with van der Waals surface area (Å²) in [6.07, 6.45) is 2.07. The second-order valence-corrected chi connectivity index (χ2v) is 8.89. The summed E-state index contributed by atoms with van der Waals surface area (Å²) in [7, 11) is 0. The number of rotatable bonds is 8. The molecule has 1 saturated heterocycles. The molecule has 4 rings (SSSR count). The van der Waals surface area contributed by atoms with Crippen molar-refractivity contribution in [1.82, 2.24) is 15.3 Å². The number of anilines is 4. The summed E-state index contributed by atoms with van der Waals surface area (Å²) >= 11 is 0. The van der Waals surface area contributed by atoms with Crippen LogP contribution < -0.4 is 21.3 Å². The number of hydrogen-bond donors (Lipinski definition) is 3. The van der Waals surface area contributed by atoms with Crippen LogP contribution in [-0.2, 0) is 12.6 Å². The number of piperidine rings is 1. The maximum Gasteiger partial charge on any atom is 0.416 e. The smallest absolute Gasteiger partial charge is 0.399 e. The van der Waals surface area contributed by atoms with Gasteiger partial charge in [-0.15, -0.1) is 0 Å².